The zero-order valence-corrected chi connectivity index (χ0v) is 10.4. The van der Waals surface area contributed by atoms with Crippen molar-refractivity contribution < 1.29 is 9.59 Å². The SMILES string of the molecule is O=C(CI)c1cc2c(cc1Cl)N=CC2=O. The molecule has 0 fully saturated rings. The average molecular weight is 334 g/mol. The smallest absolute Gasteiger partial charge is 0.206 e. The molecular weight excluding hydrogens is 328 g/mol. The number of aliphatic imine (C=N–C) groups is 1. The Labute approximate surface area is 105 Å². The van der Waals surface area contributed by atoms with E-state index in [4.69, 9.17) is 11.6 Å². The molecule has 0 bridgehead atoms. The fraction of sp³-hybridized carbons (Fsp3) is 0.100. The molecule has 5 heteroatoms. The third-order valence-corrected chi connectivity index (χ3v) is 3.10. The molecule has 0 atom stereocenters. The van der Waals surface area contributed by atoms with Crippen LogP contribution in [-0.4, -0.2) is 22.2 Å². The second kappa shape index (κ2) is 4.02. The number of ketones is 2. The highest BCUT2D eigenvalue weighted by Crippen LogP contribution is 2.31. The Morgan fingerprint density at radius 2 is 2.20 bits per heavy atom. The van der Waals surface area contributed by atoms with Crippen LogP contribution in [0.4, 0.5) is 5.69 Å². The average Bonchev–Trinajstić information content (AvgIpc) is 2.58. The quantitative estimate of drug-likeness (QED) is 0.475. The van der Waals surface area contributed by atoms with Gasteiger partial charge in [0.25, 0.3) is 0 Å². The Balaban J connectivity index is 2.58. The summed E-state index contributed by atoms with van der Waals surface area (Å²) in [5, 5.41) is 0.349. The summed E-state index contributed by atoms with van der Waals surface area (Å²) in [5.74, 6) is -0.257. The highest BCUT2D eigenvalue weighted by molar-refractivity contribution is 14.1. The van der Waals surface area contributed by atoms with Gasteiger partial charge in [0, 0.05) is 5.56 Å². The molecule has 0 saturated heterocycles. The number of carbonyl (C=O) groups is 2. The van der Waals surface area contributed by atoms with Crippen LogP contribution in [0.5, 0.6) is 0 Å². The van der Waals surface area contributed by atoms with Gasteiger partial charge in [-0.15, -0.1) is 0 Å². The molecule has 1 aromatic rings. The van der Waals surface area contributed by atoms with Gasteiger partial charge in [-0.1, -0.05) is 34.2 Å². The number of alkyl halides is 1. The van der Waals surface area contributed by atoms with Crippen molar-refractivity contribution in [2.24, 2.45) is 4.99 Å². The van der Waals surface area contributed by atoms with Gasteiger partial charge in [-0.05, 0) is 12.1 Å². The third kappa shape index (κ3) is 1.83. The van der Waals surface area contributed by atoms with Gasteiger partial charge in [-0.25, -0.2) is 0 Å². The van der Waals surface area contributed by atoms with Crippen LogP contribution in [0.25, 0.3) is 0 Å². The Kier molecular flexibility index (Phi) is 2.88. The second-order valence-corrected chi connectivity index (χ2v) is 4.20. The van der Waals surface area contributed by atoms with Gasteiger partial charge < -0.3 is 0 Å². The number of nitrogens with zero attached hydrogens (tertiary/aromatic N) is 1. The normalized spacial score (nSPS) is 13.1. The zero-order chi connectivity index (χ0) is 11.0. The molecule has 0 unspecified atom stereocenters. The number of hydrogen-bond acceptors (Lipinski definition) is 3. The van der Waals surface area contributed by atoms with Gasteiger partial charge in [-0.3, -0.25) is 14.6 Å². The zero-order valence-electron chi connectivity index (χ0n) is 7.46. The second-order valence-electron chi connectivity index (χ2n) is 3.03. The molecule has 2 rings (SSSR count). The maximum absolute atomic E-state index is 11.5. The first-order valence-electron chi connectivity index (χ1n) is 4.14. The number of fused-ring (bicyclic) bond motifs is 1. The first-order valence-corrected chi connectivity index (χ1v) is 6.05. The van der Waals surface area contributed by atoms with Crippen LogP contribution >= 0.6 is 34.2 Å². The van der Waals surface area contributed by atoms with Crippen molar-refractivity contribution in [1.82, 2.24) is 0 Å². The molecule has 76 valence electrons. The van der Waals surface area contributed by atoms with E-state index in [9.17, 15) is 9.59 Å². The number of carbonyl (C=O) groups excluding carboxylic acids is 2. The van der Waals surface area contributed by atoms with E-state index in [1.54, 1.807) is 6.07 Å². The fourth-order valence-electron chi connectivity index (χ4n) is 1.35. The van der Waals surface area contributed by atoms with Gasteiger partial charge in [0.05, 0.1) is 26.9 Å². The summed E-state index contributed by atoms with van der Waals surface area (Å²) in [5.41, 5.74) is 1.38. The summed E-state index contributed by atoms with van der Waals surface area (Å²) in [6.45, 7) is 0. The van der Waals surface area contributed by atoms with Gasteiger partial charge in [-0.2, -0.15) is 0 Å². The van der Waals surface area contributed by atoms with Crippen LogP contribution in [0.15, 0.2) is 17.1 Å². The van der Waals surface area contributed by atoms with Gasteiger partial charge in [0.1, 0.15) is 0 Å². The van der Waals surface area contributed by atoms with Crippen molar-refractivity contribution in [2.45, 2.75) is 0 Å². The number of halogens is 2. The predicted octanol–water partition coefficient (Wildman–Crippen LogP) is 2.86. The Morgan fingerprint density at radius 3 is 2.87 bits per heavy atom. The molecular formula is C10H5ClINO2. The Hall–Kier alpha value is -0.750. The predicted molar refractivity (Wildman–Crippen MR) is 67.2 cm³/mol. The van der Waals surface area contributed by atoms with E-state index in [1.807, 2.05) is 22.6 Å². The van der Waals surface area contributed by atoms with Crippen LogP contribution in [0.3, 0.4) is 0 Å². The molecule has 0 N–H and O–H groups in total. The number of Topliss-reactive ketones (excluding diaryl/α,β-unsaturated/α-hetero) is 2. The van der Waals surface area contributed by atoms with Crippen molar-refractivity contribution in [3.63, 3.8) is 0 Å². The first kappa shape index (κ1) is 10.8. The highest BCUT2D eigenvalue weighted by Gasteiger charge is 2.20. The number of hydrogen-bond donors (Lipinski definition) is 0. The van der Waals surface area contributed by atoms with Crippen molar-refractivity contribution in [3.05, 3.63) is 28.3 Å². The van der Waals surface area contributed by atoms with Crippen molar-refractivity contribution >= 4 is 57.7 Å². The molecule has 1 aromatic carbocycles. The molecule has 1 aliphatic heterocycles. The van der Waals surface area contributed by atoms with Gasteiger partial charge in [0.2, 0.25) is 5.78 Å². The molecule has 0 aliphatic carbocycles. The van der Waals surface area contributed by atoms with Gasteiger partial charge in [0.15, 0.2) is 5.78 Å². The van der Waals surface area contributed by atoms with Crippen LogP contribution < -0.4 is 0 Å². The summed E-state index contributed by atoms with van der Waals surface area (Å²) in [6, 6.07) is 3.08. The van der Waals surface area contributed by atoms with E-state index in [1.165, 1.54) is 12.3 Å². The maximum atomic E-state index is 11.5. The lowest BCUT2D eigenvalue weighted by Gasteiger charge is -2.03. The summed E-state index contributed by atoms with van der Waals surface area (Å²) in [7, 11) is 0. The van der Waals surface area contributed by atoms with Crippen molar-refractivity contribution in [2.75, 3.05) is 4.43 Å². The number of benzene rings is 1. The molecule has 0 amide bonds. The minimum atomic E-state index is -0.177. The van der Waals surface area contributed by atoms with E-state index in [2.05, 4.69) is 4.99 Å². The van der Waals surface area contributed by atoms with Crippen molar-refractivity contribution in [1.29, 1.82) is 0 Å². The van der Waals surface area contributed by atoms with E-state index < -0.39 is 0 Å². The molecule has 0 aromatic heterocycles. The topological polar surface area (TPSA) is 46.5 Å². The lowest BCUT2D eigenvalue weighted by atomic mass is 10.0. The third-order valence-electron chi connectivity index (χ3n) is 2.09. The van der Waals surface area contributed by atoms with E-state index in [0.717, 1.165) is 0 Å². The van der Waals surface area contributed by atoms with E-state index >= 15 is 0 Å². The van der Waals surface area contributed by atoms with Crippen LogP contribution in [-0.2, 0) is 0 Å². The van der Waals surface area contributed by atoms with Crippen LogP contribution in [0.2, 0.25) is 5.02 Å². The standard InChI is InChI=1S/C10H5ClINO2/c11-7-2-8-6(10(15)4-13-8)1-5(7)9(14)3-12/h1-2,4H,3H2. The van der Waals surface area contributed by atoms with Gasteiger partial charge >= 0.3 is 0 Å². The lowest BCUT2D eigenvalue weighted by Crippen LogP contribution is -2.03. The minimum absolute atomic E-state index is 0.0805. The molecule has 0 radical (unpaired) electrons. The molecule has 15 heavy (non-hydrogen) atoms. The summed E-state index contributed by atoms with van der Waals surface area (Å²) < 4.78 is 0.339. The maximum Gasteiger partial charge on any atom is 0.206 e. The summed E-state index contributed by atoms with van der Waals surface area (Å²) in [6.07, 6.45) is 1.24. The highest BCUT2D eigenvalue weighted by atomic mass is 127. The van der Waals surface area contributed by atoms with Crippen LogP contribution in [0, 0.1) is 0 Å². The molecule has 0 saturated carbocycles. The Bertz CT molecular complexity index is 496. The molecule has 1 heterocycles. The molecule has 0 spiro atoms. The van der Waals surface area contributed by atoms with E-state index in [0.29, 0.717) is 26.3 Å². The molecule has 3 nitrogen and oxygen atoms in total. The van der Waals surface area contributed by atoms with E-state index in [-0.39, 0.29) is 11.6 Å². The van der Waals surface area contributed by atoms with Crippen molar-refractivity contribution in [3.8, 4) is 0 Å². The minimum Gasteiger partial charge on any atom is -0.293 e. The fourth-order valence-corrected chi connectivity index (χ4v) is 2.02. The number of rotatable bonds is 2. The summed E-state index contributed by atoms with van der Waals surface area (Å²) >= 11 is 7.88. The largest absolute Gasteiger partial charge is 0.293 e. The monoisotopic (exact) mass is 333 g/mol. The Morgan fingerprint density at radius 1 is 1.47 bits per heavy atom. The lowest BCUT2D eigenvalue weighted by molar-refractivity contribution is 0.102. The first-order chi connectivity index (χ1) is 7.13. The molecule has 1 aliphatic rings. The summed E-state index contributed by atoms with van der Waals surface area (Å²) in [4.78, 5) is 26.7. The van der Waals surface area contributed by atoms with Crippen LogP contribution in [0.1, 0.15) is 20.7 Å².